The number of carbonyl (C=O) groups excluding carboxylic acids is 1. The first-order valence-electron chi connectivity index (χ1n) is 5.89. The van der Waals surface area contributed by atoms with Crippen LogP contribution in [-0.4, -0.2) is 36.7 Å². The fourth-order valence-electron chi connectivity index (χ4n) is 1.56. The molecule has 0 aliphatic carbocycles. The van der Waals surface area contributed by atoms with Gasteiger partial charge >= 0.3 is 5.97 Å². The van der Waals surface area contributed by atoms with Crippen molar-refractivity contribution in [3.63, 3.8) is 0 Å². The van der Waals surface area contributed by atoms with Crippen LogP contribution in [0.25, 0.3) is 0 Å². The van der Waals surface area contributed by atoms with E-state index >= 15 is 0 Å². The molecule has 1 unspecified atom stereocenters. The van der Waals surface area contributed by atoms with E-state index in [1.165, 1.54) is 7.11 Å². The Kier molecular flexibility index (Phi) is 5.98. The van der Waals surface area contributed by atoms with Crippen LogP contribution in [0.1, 0.15) is 18.0 Å². The first-order valence-corrected chi connectivity index (χ1v) is 5.89. The Morgan fingerprint density at radius 2 is 2.00 bits per heavy atom. The molecular weight excluding hydrogens is 248 g/mol. The second-order valence-corrected chi connectivity index (χ2v) is 4.08. The van der Waals surface area contributed by atoms with Crippen LogP contribution >= 0.6 is 0 Å². The molecule has 1 aromatic rings. The zero-order chi connectivity index (χ0) is 14.3. The van der Waals surface area contributed by atoms with E-state index in [1.807, 2.05) is 0 Å². The molecule has 4 N–H and O–H groups in total. The SMILES string of the molecule is COCCC(N)C(=O)N[C@H](C(=O)O)c1ccccc1. The number of hydrogen-bond donors (Lipinski definition) is 3. The van der Waals surface area contributed by atoms with Crippen LogP contribution in [0.3, 0.4) is 0 Å². The van der Waals surface area contributed by atoms with E-state index in [-0.39, 0.29) is 0 Å². The van der Waals surface area contributed by atoms with Gasteiger partial charge in [0.05, 0.1) is 6.04 Å². The van der Waals surface area contributed by atoms with Crippen molar-refractivity contribution in [2.75, 3.05) is 13.7 Å². The van der Waals surface area contributed by atoms with E-state index in [0.717, 1.165) is 0 Å². The zero-order valence-electron chi connectivity index (χ0n) is 10.7. The predicted octanol–water partition coefficient (Wildman–Crippen LogP) is 0.292. The van der Waals surface area contributed by atoms with E-state index in [0.29, 0.717) is 18.6 Å². The normalized spacial score (nSPS) is 13.6. The summed E-state index contributed by atoms with van der Waals surface area (Å²) in [6.45, 7) is 0.345. The highest BCUT2D eigenvalue weighted by molar-refractivity contribution is 5.87. The highest BCUT2D eigenvalue weighted by Crippen LogP contribution is 2.12. The average molecular weight is 266 g/mol. The van der Waals surface area contributed by atoms with Gasteiger partial charge in [0.2, 0.25) is 5.91 Å². The van der Waals surface area contributed by atoms with Crippen molar-refractivity contribution in [3.8, 4) is 0 Å². The molecule has 0 saturated carbocycles. The molecule has 0 radical (unpaired) electrons. The fourth-order valence-corrected chi connectivity index (χ4v) is 1.56. The standard InChI is InChI=1S/C13H18N2O4/c1-19-8-7-10(14)12(16)15-11(13(17)18)9-5-3-2-4-6-9/h2-6,10-11H,7-8,14H2,1H3,(H,15,16)(H,17,18)/t10?,11-/m0/s1. The monoisotopic (exact) mass is 266 g/mol. The van der Waals surface area contributed by atoms with Gasteiger partial charge in [0.25, 0.3) is 0 Å². The van der Waals surface area contributed by atoms with Gasteiger partial charge in [0.15, 0.2) is 6.04 Å². The molecule has 0 aliphatic rings. The molecule has 1 rings (SSSR count). The Morgan fingerprint density at radius 1 is 1.37 bits per heavy atom. The molecule has 1 amide bonds. The molecule has 104 valence electrons. The first kappa shape index (κ1) is 15.1. The van der Waals surface area contributed by atoms with Crippen LogP contribution in [-0.2, 0) is 14.3 Å². The van der Waals surface area contributed by atoms with Crippen LogP contribution in [0.4, 0.5) is 0 Å². The molecule has 0 bridgehead atoms. The number of nitrogens with two attached hydrogens (primary N) is 1. The maximum atomic E-state index is 11.8. The van der Waals surface area contributed by atoms with Gasteiger partial charge in [-0.2, -0.15) is 0 Å². The maximum Gasteiger partial charge on any atom is 0.330 e. The minimum absolute atomic E-state index is 0.337. The number of methoxy groups -OCH3 is 1. The van der Waals surface area contributed by atoms with Gasteiger partial charge in [0.1, 0.15) is 0 Å². The van der Waals surface area contributed by atoms with Crippen LogP contribution in [0.5, 0.6) is 0 Å². The highest BCUT2D eigenvalue weighted by Gasteiger charge is 2.24. The van der Waals surface area contributed by atoms with Gasteiger partial charge in [-0.15, -0.1) is 0 Å². The molecule has 0 spiro atoms. The van der Waals surface area contributed by atoms with Gasteiger partial charge in [-0.1, -0.05) is 30.3 Å². The highest BCUT2D eigenvalue weighted by atomic mass is 16.5. The smallest absolute Gasteiger partial charge is 0.330 e. The van der Waals surface area contributed by atoms with Gasteiger partial charge < -0.3 is 20.9 Å². The Balaban J connectivity index is 2.70. The summed E-state index contributed by atoms with van der Waals surface area (Å²) in [4.78, 5) is 23.0. The van der Waals surface area contributed by atoms with E-state index < -0.39 is 24.0 Å². The van der Waals surface area contributed by atoms with Gasteiger partial charge in [-0.3, -0.25) is 4.79 Å². The van der Waals surface area contributed by atoms with Crippen molar-refractivity contribution in [3.05, 3.63) is 35.9 Å². The molecule has 0 fully saturated rings. The van der Waals surface area contributed by atoms with E-state index in [2.05, 4.69) is 5.32 Å². The quantitative estimate of drug-likeness (QED) is 0.658. The molecule has 6 nitrogen and oxygen atoms in total. The number of rotatable bonds is 7. The molecule has 6 heteroatoms. The minimum atomic E-state index is -1.13. The number of aliphatic carboxylic acids is 1. The van der Waals surface area contributed by atoms with Crippen LogP contribution in [0.15, 0.2) is 30.3 Å². The van der Waals surface area contributed by atoms with Crippen molar-refractivity contribution < 1.29 is 19.4 Å². The molecule has 0 heterocycles. The molecule has 0 aromatic heterocycles. The molecule has 0 saturated heterocycles. The van der Waals surface area contributed by atoms with Gasteiger partial charge in [0, 0.05) is 13.7 Å². The Bertz CT molecular complexity index is 422. The van der Waals surface area contributed by atoms with E-state index in [9.17, 15) is 9.59 Å². The lowest BCUT2D eigenvalue weighted by Crippen LogP contribution is -2.44. The van der Waals surface area contributed by atoms with Gasteiger partial charge in [-0.05, 0) is 12.0 Å². The summed E-state index contributed by atoms with van der Waals surface area (Å²) in [6, 6.07) is 6.59. The third kappa shape index (κ3) is 4.69. The Morgan fingerprint density at radius 3 is 2.53 bits per heavy atom. The summed E-state index contributed by atoms with van der Waals surface area (Å²) in [5, 5.41) is 11.6. The molecule has 0 aliphatic heterocycles. The minimum Gasteiger partial charge on any atom is -0.479 e. The molecule has 2 atom stereocenters. The third-order valence-electron chi connectivity index (χ3n) is 2.64. The number of benzene rings is 1. The summed E-state index contributed by atoms with van der Waals surface area (Å²) in [5.74, 6) is -1.63. The number of amides is 1. The van der Waals surface area contributed by atoms with Crippen LogP contribution in [0.2, 0.25) is 0 Å². The average Bonchev–Trinajstić information content (AvgIpc) is 2.42. The van der Waals surface area contributed by atoms with Crippen molar-refractivity contribution in [2.45, 2.75) is 18.5 Å². The predicted molar refractivity (Wildman–Crippen MR) is 69.4 cm³/mol. The Hall–Kier alpha value is -1.92. The van der Waals surface area contributed by atoms with Gasteiger partial charge in [-0.25, -0.2) is 4.79 Å². The summed E-state index contributed by atoms with van der Waals surface area (Å²) in [5.41, 5.74) is 6.15. The molecule has 19 heavy (non-hydrogen) atoms. The number of ether oxygens (including phenoxy) is 1. The second kappa shape index (κ2) is 7.50. The number of carboxylic acid groups (broad SMARTS) is 1. The van der Waals surface area contributed by atoms with Crippen molar-refractivity contribution in [1.29, 1.82) is 0 Å². The lowest BCUT2D eigenvalue weighted by atomic mass is 10.1. The molecular formula is C13H18N2O4. The molecule has 1 aromatic carbocycles. The zero-order valence-corrected chi connectivity index (χ0v) is 10.7. The number of nitrogens with one attached hydrogen (secondary N) is 1. The van der Waals surface area contributed by atoms with E-state index in [1.54, 1.807) is 30.3 Å². The fraction of sp³-hybridized carbons (Fsp3) is 0.385. The number of carboxylic acids is 1. The van der Waals surface area contributed by atoms with Crippen molar-refractivity contribution in [2.24, 2.45) is 5.73 Å². The topological polar surface area (TPSA) is 102 Å². The van der Waals surface area contributed by atoms with Crippen molar-refractivity contribution >= 4 is 11.9 Å². The largest absolute Gasteiger partial charge is 0.479 e. The van der Waals surface area contributed by atoms with Crippen molar-refractivity contribution in [1.82, 2.24) is 5.32 Å². The summed E-state index contributed by atoms with van der Waals surface area (Å²) >= 11 is 0. The lowest BCUT2D eigenvalue weighted by Gasteiger charge is -2.18. The number of carbonyl (C=O) groups is 2. The Labute approximate surface area is 111 Å². The second-order valence-electron chi connectivity index (χ2n) is 4.08. The summed E-state index contributed by atoms with van der Waals surface area (Å²) in [7, 11) is 1.51. The third-order valence-corrected chi connectivity index (χ3v) is 2.64. The first-order chi connectivity index (χ1) is 9.06. The van der Waals surface area contributed by atoms with E-state index in [4.69, 9.17) is 15.6 Å². The summed E-state index contributed by atoms with van der Waals surface area (Å²) < 4.78 is 4.82. The number of hydrogen-bond acceptors (Lipinski definition) is 4. The lowest BCUT2D eigenvalue weighted by molar-refractivity contribution is -0.142. The maximum absolute atomic E-state index is 11.8. The van der Waals surface area contributed by atoms with Crippen LogP contribution in [0, 0.1) is 0 Å². The summed E-state index contributed by atoms with van der Waals surface area (Å²) in [6.07, 6.45) is 0.337. The van der Waals surface area contributed by atoms with Crippen LogP contribution < -0.4 is 11.1 Å².